The first kappa shape index (κ1) is 18.2. The summed E-state index contributed by atoms with van der Waals surface area (Å²) < 4.78 is 13.4. The van der Waals surface area contributed by atoms with Crippen LogP contribution in [0.1, 0.15) is 30.9 Å². The number of piperazine rings is 1. The quantitative estimate of drug-likeness (QED) is 0.862. The Morgan fingerprint density at radius 1 is 1.39 bits per heavy atom. The highest BCUT2D eigenvalue weighted by Crippen LogP contribution is 2.25. The van der Waals surface area contributed by atoms with Gasteiger partial charge in [0.25, 0.3) is 0 Å². The van der Waals surface area contributed by atoms with Gasteiger partial charge in [0.05, 0.1) is 6.54 Å². The molecule has 1 aliphatic carbocycles. The molecule has 2 N–H and O–H groups in total. The van der Waals surface area contributed by atoms with Crippen molar-refractivity contribution in [3.05, 3.63) is 35.6 Å². The summed E-state index contributed by atoms with van der Waals surface area (Å²) in [6.07, 6.45) is 3.76. The van der Waals surface area contributed by atoms with E-state index in [1.165, 1.54) is 25.3 Å². The minimum atomic E-state index is -0.225. The molecule has 1 saturated carbocycles. The molecular formula is C17H25ClFN3O. The molecule has 128 valence electrons. The number of carbonyl (C=O) groups excluding carboxylic acids is 1. The number of benzene rings is 1. The Labute approximate surface area is 143 Å². The van der Waals surface area contributed by atoms with Crippen molar-refractivity contribution >= 4 is 18.3 Å². The van der Waals surface area contributed by atoms with Crippen LogP contribution in [0.2, 0.25) is 0 Å². The summed E-state index contributed by atoms with van der Waals surface area (Å²) in [6, 6.07) is 6.74. The molecule has 3 rings (SSSR count). The zero-order valence-electron chi connectivity index (χ0n) is 13.3. The van der Waals surface area contributed by atoms with Crippen LogP contribution < -0.4 is 10.6 Å². The molecule has 1 aromatic carbocycles. The number of rotatable bonds is 5. The minimum absolute atomic E-state index is 0. The number of nitrogens with zero attached hydrogens (tertiary/aromatic N) is 1. The molecule has 6 heteroatoms. The summed E-state index contributed by atoms with van der Waals surface area (Å²) in [5.41, 5.74) is 0.930. The van der Waals surface area contributed by atoms with Gasteiger partial charge in [-0.3, -0.25) is 9.69 Å². The molecule has 1 unspecified atom stereocenters. The Balaban J connectivity index is 0.00000192. The molecule has 2 aliphatic rings. The van der Waals surface area contributed by atoms with E-state index in [-0.39, 0.29) is 30.2 Å². The summed E-state index contributed by atoms with van der Waals surface area (Å²) in [6.45, 7) is 3.60. The molecule has 0 radical (unpaired) electrons. The largest absolute Gasteiger partial charge is 0.355 e. The SMILES string of the molecule is Cl.O=C(CN1CCNCC1c1cccc(F)c1)NCC1CCC1. The minimum Gasteiger partial charge on any atom is -0.355 e. The second-order valence-corrected chi connectivity index (χ2v) is 6.35. The lowest BCUT2D eigenvalue weighted by Gasteiger charge is -2.36. The van der Waals surface area contributed by atoms with Gasteiger partial charge < -0.3 is 10.6 Å². The van der Waals surface area contributed by atoms with Gasteiger partial charge in [-0.25, -0.2) is 4.39 Å². The van der Waals surface area contributed by atoms with E-state index in [1.807, 2.05) is 6.07 Å². The molecule has 0 spiro atoms. The standard InChI is InChI=1S/C17H24FN3O.ClH/c18-15-6-2-5-14(9-15)16-11-19-7-8-21(16)12-17(22)20-10-13-3-1-4-13;/h2,5-6,9,13,16,19H,1,3-4,7-8,10-12H2,(H,20,22);1H. The van der Waals surface area contributed by atoms with Crippen molar-refractivity contribution in [1.29, 1.82) is 0 Å². The molecule has 4 nitrogen and oxygen atoms in total. The Hall–Kier alpha value is -1.17. The van der Waals surface area contributed by atoms with Gasteiger partial charge in [0.2, 0.25) is 5.91 Å². The van der Waals surface area contributed by atoms with Crippen molar-refractivity contribution in [2.45, 2.75) is 25.3 Å². The van der Waals surface area contributed by atoms with Crippen molar-refractivity contribution in [1.82, 2.24) is 15.5 Å². The van der Waals surface area contributed by atoms with Crippen LogP contribution in [0, 0.1) is 11.7 Å². The fourth-order valence-electron chi connectivity index (χ4n) is 3.17. The van der Waals surface area contributed by atoms with Crippen LogP contribution in [-0.4, -0.2) is 43.5 Å². The first-order chi connectivity index (χ1) is 10.7. The smallest absolute Gasteiger partial charge is 0.234 e. The maximum absolute atomic E-state index is 13.4. The van der Waals surface area contributed by atoms with Crippen LogP contribution >= 0.6 is 12.4 Å². The van der Waals surface area contributed by atoms with E-state index in [9.17, 15) is 9.18 Å². The van der Waals surface area contributed by atoms with Gasteiger partial charge >= 0.3 is 0 Å². The van der Waals surface area contributed by atoms with Crippen LogP contribution in [0.5, 0.6) is 0 Å². The molecule has 2 fully saturated rings. The van der Waals surface area contributed by atoms with Crippen LogP contribution in [-0.2, 0) is 4.79 Å². The lowest BCUT2D eigenvalue weighted by molar-refractivity contribution is -0.123. The number of amides is 1. The predicted octanol–water partition coefficient (Wildman–Crippen LogP) is 2.11. The molecule has 0 bridgehead atoms. The van der Waals surface area contributed by atoms with Crippen LogP contribution in [0.3, 0.4) is 0 Å². The van der Waals surface area contributed by atoms with E-state index in [0.717, 1.165) is 31.7 Å². The molecule has 23 heavy (non-hydrogen) atoms. The highest BCUT2D eigenvalue weighted by molar-refractivity contribution is 5.85. The third-order valence-corrected chi connectivity index (χ3v) is 4.75. The lowest BCUT2D eigenvalue weighted by Crippen LogP contribution is -2.50. The normalized spacial score (nSPS) is 22.0. The highest BCUT2D eigenvalue weighted by Gasteiger charge is 2.26. The Morgan fingerprint density at radius 3 is 2.91 bits per heavy atom. The lowest BCUT2D eigenvalue weighted by atomic mass is 9.85. The third kappa shape index (κ3) is 4.90. The Morgan fingerprint density at radius 2 is 2.22 bits per heavy atom. The molecule has 1 amide bonds. The van der Waals surface area contributed by atoms with Crippen molar-refractivity contribution in [3.8, 4) is 0 Å². The van der Waals surface area contributed by atoms with Crippen LogP contribution in [0.4, 0.5) is 4.39 Å². The maximum Gasteiger partial charge on any atom is 0.234 e. The zero-order valence-corrected chi connectivity index (χ0v) is 14.1. The van der Waals surface area contributed by atoms with E-state index in [1.54, 1.807) is 12.1 Å². The second-order valence-electron chi connectivity index (χ2n) is 6.35. The fourth-order valence-corrected chi connectivity index (χ4v) is 3.17. The van der Waals surface area contributed by atoms with Gasteiger partial charge in [0, 0.05) is 32.2 Å². The maximum atomic E-state index is 13.4. The molecule has 1 saturated heterocycles. The summed E-state index contributed by atoms with van der Waals surface area (Å²) in [5, 5.41) is 6.37. The molecule has 1 heterocycles. The number of hydrogen-bond donors (Lipinski definition) is 2. The topological polar surface area (TPSA) is 44.4 Å². The Bertz CT molecular complexity index is 524. The average molecular weight is 342 g/mol. The molecule has 0 aromatic heterocycles. The van der Waals surface area contributed by atoms with E-state index in [4.69, 9.17) is 0 Å². The van der Waals surface area contributed by atoms with Gasteiger partial charge in [-0.15, -0.1) is 12.4 Å². The van der Waals surface area contributed by atoms with Gasteiger partial charge in [-0.1, -0.05) is 18.6 Å². The molecule has 1 aromatic rings. The summed E-state index contributed by atoms with van der Waals surface area (Å²) >= 11 is 0. The zero-order chi connectivity index (χ0) is 15.4. The van der Waals surface area contributed by atoms with Crippen molar-refractivity contribution < 1.29 is 9.18 Å². The first-order valence-corrected chi connectivity index (χ1v) is 8.19. The van der Waals surface area contributed by atoms with E-state index >= 15 is 0 Å². The summed E-state index contributed by atoms with van der Waals surface area (Å²) in [4.78, 5) is 14.3. The first-order valence-electron chi connectivity index (χ1n) is 8.19. The van der Waals surface area contributed by atoms with Crippen molar-refractivity contribution in [3.63, 3.8) is 0 Å². The Kier molecular flexibility index (Phi) is 6.81. The van der Waals surface area contributed by atoms with Gasteiger partial charge in [0.15, 0.2) is 0 Å². The van der Waals surface area contributed by atoms with E-state index in [2.05, 4.69) is 15.5 Å². The van der Waals surface area contributed by atoms with Crippen molar-refractivity contribution in [2.24, 2.45) is 5.92 Å². The fraction of sp³-hybridized carbons (Fsp3) is 0.588. The second kappa shape index (κ2) is 8.62. The summed E-state index contributed by atoms with van der Waals surface area (Å²) in [7, 11) is 0. The van der Waals surface area contributed by atoms with Gasteiger partial charge in [-0.2, -0.15) is 0 Å². The number of hydrogen-bond acceptors (Lipinski definition) is 3. The highest BCUT2D eigenvalue weighted by atomic mass is 35.5. The van der Waals surface area contributed by atoms with Crippen LogP contribution in [0.15, 0.2) is 24.3 Å². The molecule has 1 atom stereocenters. The molecular weight excluding hydrogens is 317 g/mol. The number of nitrogens with one attached hydrogen (secondary N) is 2. The number of halogens is 2. The van der Waals surface area contributed by atoms with Crippen molar-refractivity contribution in [2.75, 3.05) is 32.7 Å². The van der Waals surface area contributed by atoms with Gasteiger partial charge in [0.1, 0.15) is 5.82 Å². The third-order valence-electron chi connectivity index (χ3n) is 4.75. The summed E-state index contributed by atoms with van der Waals surface area (Å²) in [5.74, 6) is 0.527. The predicted molar refractivity (Wildman–Crippen MR) is 91.2 cm³/mol. The molecule has 1 aliphatic heterocycles. The van der Waals surface area contributed by atoms with Gasteiger partial charge in [-0.05, 0) is 36.5 Å². The van der Waals surface area contributed by atoms with Crippen LogP contribution in [0.25, 0.3) is 0 Å². The van der Waals surface area contributed by atoms with E-state index < -0.39 is 0 Å². The average Bonchev–Trinajstić information content (AvgIpc) is 2.46. The monoisotopic (exact) mass is 341 g/mol. The number of carbonyl (C=O) groups is 1. The van der Waals surface area contributed by atoms with E-state index in [0.29, 0.717) is 12.5 Å².